The highest BCUT2D eigenvalue weighted by molar-refractivity contribution is 6.35. The number of hydrogen-bond donors (Lipinski definition) is 1. The maximum atomic E-state index is 14.4. The molecule has 1 saturated carbocycles. The Morgan fingerprint density at radius 2 is 1.89 bits per heavy atom. The molecule has 0 bridgehead atoms. The van der Waals surface area contributed by atoms with Gasteiger partial charge in [0.05, 0.1) is 19.2 Å². The molecule has 1 N–H and O–H groups in total. The molecule has 2 fully saturated rings. The lowest BCUT2D eigenvalue weighted by Gasteiger charge is -2.61. The molecule has 3 heterocycles. The highest BCUT2D eigenvalue weighted by Crippen LogP contribution is 2.59. The zero-order valence-corrected chi connectivity index (χ0v) is 23.2. The van der Waals surface area contributed by atoms with Gasteiger partial charge < -0.3 is 19.5 Å². The van der Waals surface area contributed by atoms with Gasteiger partial charge in [0.2, 0.25) is 5.95 Å². The maximum Gasteiger partial charge on any atom is 0.411 e. The van der Waals surface area contributed by atoms with Gasteiger partial charge in [-0.3, -0.25) is 14.3 Å². The molecule has 1 unspecified atom stereocenters. The summed E-state index contributed by atoms with van der Waals surface area (Å²) in [5, 5.41) is 3.85. The number of halogens is 1. The lowest BCUT2D eigenvalue weighted by molar-refractivity contribution is -0.154. The Morgan fingerprint density at radius 3 is 2.47 bits per heavy atom. The average Bonchev–Trinajstić information content (AvgIpc) is 2.83. The molecule has 2 aromatic heterocycles. The van der Waals surface area contributed by atoms with Gasteiger partial charge in [-0.2, -0.15) is 4.98 Å². The summed E-state index contributed by atoms with van der Waals surface area (Å²) in [6.45, 7) is 5.99. The predicted molar refractivity (Wildman–Crippen MR) is 145 cm³/mol. The van der Waals surface area contributed by atoms with E-state index in [2.05, 4.69) is 15.3 Å². The molecular formula is C27H32ClN5O5. The fraction of sp³-hybridized carbons (Fsp3) is 0.481. The van der Waals surface area contributed by atoms with E-state index in [1.807, 2.05) is 20.8 Å². The number of carbonyl (C=O) groups is 1. The fourth-order valence-electron chi connectivity index (χ4n) is 5.37. The number of aromatic nitrogens is 3. The third-order valence-corrected chi connectivity index (χ3v) is 7.70. The SMILES string of the molecule is CNc1ncc2cc(-c3cc(OC)cc(OC)c3Cl)c(=O)n(C3N(C(=O)OC(C)(C)C)CC34CCC4)c2n1. The Morgan fingerprint density at radius 1 is 1.16 bits per heavy atom. The third kappa shape index (κ3) is 4.20. The minimum Gasteiger partial charge on any atom is -0.497 e. The number of ether oxygens (including phenoxy) is 3. The zero-order chi connectivity index (χ0) is 27.4. The monoisotopic (exact) mass is 541 g/mol. The number of methoxy groups -OCH3 is 2. The molecule has 1 spiro atoms. The van der Waals surface area contributed by atoms with Crippen LogP contribution in [0, 0.1) is 5.41 Å². The first kappa shape index (κ1) is 26.1. The minimum atomic E-state index is -0.676. The largest absolute Gasteiger partial charge is 0.497 e. The van der Waals surface area contributed by atoms with Crippen LogP contribution in [0.2, 0.25) is 5.02 Å². The molecule has 202 valence electrons. The van der Waals surface area contributed by atoms with Crippen LogP contribution in [-0.4, -0.2) is 58.9 Å². The molecule has 1 aliphatic carbocycles. The van der Waals surface area contributed by atoms with Crippen LogP contribution in [0.1, 0.15) is 46.2 Å². The number of carbonyl (C=O) groups excluding carboxylic acids is 1. The van der Waals surface area contributed by atoms with Crippen molar-refractivity contribution in [1.82, 2.24) is 19.4 Å². The molecule has 2 aliphatic rings. The van der Waals surface area contributed by atoms with Gasteiger partial charge in [0, 0.05) is 47.8 Å². The van der Waals surface area contributed by atoms with Crippen molar-refractivity contribution in [2.75, 3.05) is 33.1 Å². The second kappa shape index (κ2) is 9.34. The van der Waals surface area contributed by atoms with E-state index in [1.54, 1.807) is 40.9 Å². The number of pyridine rings is 1. The number of hydrogen-bond acceptors (Lipinski definition) is 8. The molecule has 5 rings (SSSR count). The molecule has 11 heteroatoms. The van der Waals surface area contributed by atoms with Crippen LogP contribution in [0.5, 0.6) is 11.5 Å². The van der Waals surface area contributed by atoms with Gasteiger partial charge in [-0.05, 0) is 45.7 Å². The van der Waals surface area contributed by atoms with Gasteiger partial charge in [0.15, 0.2) is 0 Å². The molecule has 1 saturated heterocycles. The minimum absolute atomic E-state index is 0.229. The third-order valence-electron chi connectivity index (χ3n) is 7.31. The topological polar surface area (TPSA) is 108 Å². The normalized spacial score (nSPS) is 18.1. The lowest BCUT2D eigenvalue weighted by Crippen LogP contribution is -2.67. The van der Waals surface area contributed by atoms with Crippen molar-refractivity contribution >= 4 is 34.7 Å². The zero-order valence-electron chi connectivity index (χ0n) is 22.4. The van der Waals surface area contributed by atoms with Crippen LogP contribution in [0.4, 0.5) is 10.7 Å². The van der Waals surface area contributed by atoms with Crippen molar-refractivity contribution in [2.24, 2.45) is 5.41 Å². The van der Waals surface area contributed by atoms with Gasteiger partial charge in [-0.15, -0.1) is 0 Å². The first-order valence-corrected chi connectivity index (χ1v) is 12.9. The number of benzene rings is 1. The fourth-order valence-corrected chi connectivity index (χ4v) is 5.65. The molecule has 38 heavy (non-hydrogen) atoms. The van der Waals surface area contributed by atoms with Crippen LogP contribution in [-0.2, 0) is 4.74 Å². The van der Waals surface area contributed by atoms with E-state index in [-0.39, 0.29) is 16.0 Å². The molecule has 1 atom stereocenters. The average molecular weight is 542 g/mol. The standard InChI is InChI=1S/C27H32ClN5O5/c1-26(2,3)38-25(35)32-14-27(8-7-9-27)23(32)33-21-15(13-30-24(29-4)31-21)10-18(22(33)34)17-11-16(36-5)12-19(37-6)20(17)28/h10-13,23H,7-9,14H2,1-6H3,(H,29,30,31). The summed E-state index contributed by atoms with van der Waals surface area (Å²) in [5.41, 5.74) is -0.0376. The summed E-state index contributed by atoms with van der Waals surface area (Å²) in [4.78, 5) is 38.4. The van der Waals surface area contributed by atoms with Crippen molar-refractivity contribution in [1.29, 1.82) is 0 Å². The Kier molecular flexibility index (Phi) is 6.41. The van der Waals surface area contributed by atoms with Crippen molar-refractivity contribution in [2.45, 2.75) is 51.8 Å². The van der Waals surface area contributed by atoms with Gasteiger partial charge in [0.1, 0.15) is 28.9 Å². The Labute approximate surface area is 225 Å². The smallest absolute Gasteiger partial charge is 0.411 e. The number of fused-ring (bicyclic) bond motifs is 1. The summed E-state index contributed by atoms with van der Waals surface area (Å²) < 4.78 is 18.2. The second-order valence-corrected chi connectivity index (χ2v) is 11.2. The number of likely N-dealkylation sites (tertiary alicyclic amines) is 1. The first-order valence-electron chi connectivity index (χ1n) is 12.5. The number of nitrogens with one attached hydrogen (secondary N) is 1. The molecule has 1 amide bonds. The van der Waals surface area contributed by atoms with Crippen LogP contribution in [0.3, 0.4) is 0 Å². The van der Waals surface area contributed by atoms with Gasteiger partial charge in [-0.25, -0.2) is 9.78 Å². The second-order valence-electron chi connectivity index (χ2n) is 10.8. The Bertz CT molecular complexity index is 1480. The summed E-state index contributed by atoms with van der Waals surface area (Å²) in [7, 11) is 4.75. The van der Waals surface area contributed by atoms with Crippen molar-refractivity contribution in [3.63, 3.8) is 0 Å². The number of amides is 1. The van der Waals surface area contributed by atoms with E-state index in [1.165, 1.54) is 14.2 Å². The first-order chi connectivity index (χ1) is 18.0. The molecular weight excluding hydrogens is 510 g/mol. The molecule has 1 aliphatic heterocycles. The van der Waals surface area contributed by atoms with Crippen molar-refractivity contribution in [3.05, 3.63) is 39.8 Å². The molecule has 0 radical (unpaired) electrons. The highest BCUT2D eigenvalue weighted by atomic mass is 35.5. The van der Waals surface area contributed by atoms with Crippen LogP contribution in [0.15, 0.2) is 29.2 Å². The lowest BCUT2D eigenvalue weighted by atomic mass is 9.60. The van der Waals surface area contributed by atoms with E-state index in [0.717, 1.165) is 19.3 Å². The van der Waals surface area contributed by atoms with Crippen molar-refractivity contribution in [3.8, 4) is 22.6 Å². The quantitative estimate of drug-likeness (QED) is 0.476. The Hall–Kier alpha value is -3.53. The maximum absolute atomic E-state index is 14.4. The highest BCUT2D eigenvalue weighted by Gasteiger charge is 2.60. The summed E-state index contributed by atoms with van der Waals surface area (Å²) >= 11 is 6.71. The molecule has 3 aromatic rings. The number of anilines is 1. The number of rotatable bonds is 5. The van der Waals surface area contributed by atoms with Crippen LogP contribution >= 0.6 is 11.6 Å². The summed E-state index contributed by atoms with van der Waals surface area (Å²) in [5.74, 6) is 1.23. The van der Waals surface area contributed by atoms with E-state index < -0.39 is 17.9 Å². The van der Waals surface area contributed by atoms with E-state index in [4.69, 9.17) is 25.8 Å². The van der Waals surface area contributed by atoms with E-state index >= 15 is 0 Å². The summed E-state index contributed by atoms with van der Waals surface area (Å²) in [6, 6.07) is 5.08. The van der Waals surface area contributed by atoms with E-state index in [9.17, 15) is 9.59 Å². The number of nitrogens with zero attached hydrogens (tertiary/aromatic N) is 4. The van der Waals surface area contributed by atoms with Gasteiger partial charge in [0.25, 0.3) is 5.56 Å². The van der Waals surface area contributed by atoms with Gasteiger partial charge >= 0.3 is 6.09 Å². The van der Waals surface area contributed by atoms with Crippen molar-refractivity contribution < 1.29 is 19.0 Å². The molecule has 1 aromatic carbocycles. The van der Waals surface area contributed by atoms with E-state index in [0.29, 0.717) is 46.2 Å². The van der Waals surface area contributed by atoms with Crippen LogP contribution < -0.4 is 20.3 Å². The summed E-state index contributed by atoms with van der Waals surface area (Å²) in [6.07, 6.45) is 3.45. The van der Waals surface area contributed by atoms with Crippen LogP contribution in [0.25, 0.3) is 22.2 Å². The molecule has 10 nitrogen and oxygen atoms in total. The predicted octanol–water partition coefficient (Wildman–Crippen LogP) is 5.09. The van der Waals surface area contributed by atoms with Gasteiger partial charge in [-0.1, -0.05) is 18.0 Å². The Balaban J connectivity index is 1.78.